The zero-order valence-electron chi connectivity index (χ0n) is 10.5. The molecule has 3 aromatic rings. The number of pyridine rings is 1. The lowest BCUT2D eigenvalue weighted by molar-refractivity contribution is -0.114. The fourth-order valence-electron chi connectivity index (χ4n) is 2.03. The summed E-state index contributed by atoms with van der Waals surface area (Å²) < 4.78 is 1.97. The smallest absolute Gasteiger partial charge is 0.221 e. The molecule has 0 aliphatic rings. The fourth-order valence-corrected chi connectivity index (χ4v) is 2.03. The Hall–Kier alpha value is -2.62. The van der Waals surface area contributed by atoms with Crippen LogP contribution in [0.5, 0.6) is 0 Å². The van der Waals surface area contributed by atoms with E-state index in [1.165, 1.54) is 6.92 Å². The number of aromatic nitrogens is 2. The number of carbonyl (C=O) groups is 1. The number of anilines is 1. The second-order valence-electron chi connectivity index (χ2n) is 4.35. The van der Waals surface area contributed by atoms with Crippen LogP contribution in [0, 0.1) is 0 Å². The Morgan fingerprint density at radius 1 is 1.21 bits per heavy atom. The Kier molecular flexibility index (Phi) is 2.76. The minimum atomic E-state index is -0.0767. The van der Waals surface area contributed by atoms with Crippen molar-refractivity contribution < 1.29 is 4.79 Å². The molecule has 1 aromatic carbocycles. The van der Waals surface area contributed by atoms with Gasteiger partial charge in [0.25, 0.3) is 0 Å². The number of fused-ring (bicyclic) bond motifs is 1. The van der Waals surface area contributed by atoms with Gasteiger partial charge in [0.15, 0.2) is 0 Å². The van der Waals surface area contributed by atoms with E-state index in [0.717, 1.165) is 22.6 Å². The van der Waals surface area contributed by atoms with Crippen molar-refractivity contribution in [2.75, 3.05) is 5.32 Å². The number of amides is 1. The molecule has 0 saturated carbocycles. The van der Waals surface area contributed by atoms with Crippen LogP contribution >= 0.6 is 0 Å². The number of hydrogen-bond donors (Lipinski definition) is 1. The van der Waals surface area contributed by atoms with Gasteiger partial charge in [0.2, 0.25) is 5.91 Å². The molecule has 0 fully saturated rings. The SMILES string of the molecule is CC(=O)Nc1cccc(-c2cn3ccccc3n2)c1. The largest absolute Gasteiger partial charge is 0.326 e. The first-order valence-corrected chi connectivity index (χ1v) is 6.04. The molecule has 19 heavy (non-hydrogen) atoms. The zero-order chi connectivity index (χ0) is 13.2. The highest BCUT2D eigenvalue weighted by Crippen LogP contribution is 2.22. The maximum Gasteiger partial charge on any atom is 0.221 e. The first kappa shape index (κ1) is 11.5. The van der Waals surface area contributed by atoms with Crippen molar-refractivity contribution in [3.63, 3.8) is 0 Å². The van der Waals surface area contributed by atoms with Gasteiger partial charge in [0, 0.05) is 30.6 Å². The molecule has 2 aromatic heterocycles. The Morgan fingerprint density at radius 3 is 2.89 bits per heavy atom. The first-order valence-electron chi connectivity index (χ1n) is 6.04. The number of nitrogens with zero attached hydrogens (tertiary/aromatic N) is 2. The number of rotatable bonds is 2. The van der Waals surface area contributed by atoms with Crippen LogP contribution in [0.25, 0.3) is 16.9 Å². The molecular formula is C15H13N3O. The van der Waals surface area contributed by atoms with Gasteiger partial charge in [-0.05, 0) is 24.3 Å². The highest BCUT2D eigenvalue weighted by molar-refractivity contribution is 5.89. The van der Waals surface area contributed by atoms with Gasteiger partial charge in [-0.15, -0.1) is 0 Å². The molecule has 94 valence electrons. The van der Waals surface area contributed by atoms with Gasteiger partial charge >= 0.3 is 0 Å². The lowest BCUT2D eigenvalue weighted by Crippen LogP contribution is -2.05. The van der Waals surface area contributed by atoms with Crippen LogP contribution < -0.4 is 5.32 Å². The molecule has 0 spiro atoms. The highest BCUT2D eigenvalue weighted by atomic mass is 16.1. The molecule has 1 amide bonds. The summed E-state index contributed by atoms with van der Waals surface area (Å²) in [5.74, 6) is -0.0767. The summed E-state index contributed by atoms with van der Waals surface area (Å²) >= 11 is 0. The predicted molar refractivity (Wildman–Crippen MR) is 74.9 cm³/mol. The van der Waals surface area contributed by atoms with Crippen molar-refractivity contribution in [1.82, 2.24) is 9.38 Å². The molecular weight excluding hydrogens is 238 g/mol. The van der Waals surface area contributed by atoms with Gasteiger partial charge in [0.1, 0.15) is 5.65 Å². The normalized spacial score (nSPS) is 10.6. The molecule has 0 bridgehead atoms. The van der Waals surface area contributed by atoms with E-state index in [4.69, 9.17) is 0 Å². The molecule has 0 aliphatic heterocycles. The van der Waals surface area contributed by atoms with E-state index in [-0.39, 0.29) is 5.91 Å². The third kappa shape index (κ3) is 2.33. The monoisotopic (exact) mass is 251 g/mol. The second kappa shape index (κ2) is 4.57. The van der Waals surface area contributed by atoms with Gasteiger partial charge in [-0.2, -0.15) is 0 Å². The van der Waals surface area contributed by atoms with Crippen molar-refractivity contribution in [3.8, 4) is 11.3 Å². The highest BCUT2D eigenvalue weighted by Gasteiger charge is 2.05. The molecule has 3 rings (SSSR count). The molecule has 0 radical (unpaired) electrons. The van der Waals surface area contributed by atoms with Crippen LogP contribution in [0.15, 0.2) is 54.9 Å². The summed E-state index contributed by atoms with van der Waals surface area (Å²) in [5, 5.41) is 2.78. The Bertz CT molecular complexity index is 713. The van der Waals surface area contributed by atoms with Gasteiger partial charge in [-0.25, -0.2) is 4.98 Å². The summed E-state index contributed by atoms with van der Waals surface area (Å²) in [6.45, 7) is 1.50. The van der Waals surface area contributed by atoms with E-state index in [1.807, 2.05) is 59.3 Å². The number of hydrogen-bond acceptors (Lipinski definition) is 2. The minimum absolute atomic E-state index is 0.0767. The van der Waals surface area contributed by atoms with Crippen LogP contribution in [0.4, 0.5) is 5.69 Å². The Morgan fingerprint density at radius 2 is 2.11 bits per heavy atom. The molecule has 0 aliphatic carbocycles. The van der Waals surface area contributed by atoms with E-state index in [1.54, 1.807) is 0 Å². The molecule has 0 saturated heterocycles. The van der Waals surface area contributed by atoms with Crippen LogP contribution in [-0.4, -0.2) is 15.3 Å². The molecule has 4 heteroatoms. The van der Waals surface area contributed by atoms with Crippen molar-refractivity contribution in [2.45, 2.75) is 6.92 Å². The van der Waals surface area contributed by atoms with Crippen molar-refractivity contribution in [1.29, 1.82) is 0 Å². The van der Waals surface area contributed by atoms with Crippen LogP contribution in [-0.2, 0) is 4.79 Å². The minimum Gasteiger partial charge on any atom is -0.326 e. The quantitative estimate of drug-likeness (QED) is 0.761. The van der Waals surface area contributed by atoms with Crippen LogP contribution in [0.2, 0.25) is 0 Å². The van der Waals surface area contributed by atoms with Gasteiger partial charge in [-0.3, -0.25) is 4.79 Å². The van der Waals surface area contributed by atoms with Crippen molar-refractivity contribution in [2.24, 2.45) is 0 Å². The number of imidazole rings is 1. The summed E-state index contributed by atoms with van der Waals surface area (Å²) in [7, 11) is 0. The molecule has 0 unspecified atom stereocenters. The first-order chi connectivity index (χ1) is 9.22. The topological polar surface area (TPSA) is 46.4 Å². The Labute approximate surface area is 110 Å². The zero-order valence-corrected chi connectivity index (χ0v) is 10.5. The average Bonchev–Trinajstić information content (AvgIpc) is 2.82. The molecule has 1 N–H and O–H groups in total. The maximum absolute atomic E-state index is 11.1. The summed E-state index contributed by atoms with van der Waals surface area (Å²) in [6, 6.07) is 13.6. The van der Waals surface area contributed by atoms with E-state index in [0.29, 0.717) is 0 Å². The van der Waals surface area contributed by atoms with Gasteiger partial charge < -0.3 is 9.72 Å². The third-order valence-corrected chi connectivity index (χ3v) is 2.84. The molecule has 0 atom stereocenters. The van der Waals surface area contributed by atoms with Crippen molar-refractivity contribution >= 4 is 17.2 Å². The standard InChI is InChI=1S/C15H13N3O/c1-11(19)16-13-6-4-5-12(9-13)14-10-18-8-3-2-7-15(18)17-14/h2-10H,1H3,(H,16,19). The van der Waals surface area contributed by atoms with E-state index < -0.39 is 0 Å². The van der Waals surface area contributed by atoms with Crippen LogP contribution in [0.3, 0.4) is 0 Å². The van der Waals surface area contributed by atoms with E-state index in [9.17, 15) is 4.79 Å². The lowest BCUT2D eigenvalue weighted by atomic mass is 10.1. The van der Waals surface area contributed by atoms with E-state index in [2.05, 4.69) is 10.3 Å². The predicted octanol–water partition coefficient (Wildman–Crippen LogP) is 2.96. The summed E-state index contributed by atoms with van der Waals surface area (Å²) in [4.78, 5) is 15.6. The lowest BCUT2D eigenvalue weighted by Gasteiger charge is -2.03. The van der Waals surface area contributed by atoms with E-state index >= 15 is 0 Å². The van der Waals surface area contributed by atoms with Gasteiger partial charge in [0.05, 0.1) is 5.69 Å². The molecule has 4 nitrogen and oxygen atoms in total. The number of benzene rings is 1. The maximum atomic E-state index is 11.1. The fraction of sp³-hybridized carbons (Fsp3) is 0.0667. The number of nitrogens with one attached hydrogen (secondary N) is 1. The summed E-state index contributed by atoms with van der Waals surface area (Å²) in [5.41, 5.74) is 3.55. The third-order valence-electron chi connectivity index (χ3n) is 2.84. The van der Waals surface area contributed by atoms with Crippen molar-refractivity contribution in [3.05, 3.63) is 54.9 Å². The summed E-state index contributed by atoms with van der Waals surface area (Å²) in [6.07, 6.45) is 3.94. The Balaban J connectivity index is 2.03. The molecule has 2 heterocycles. The second-order valence-corrected chi connectivity index (χ2v) is 4.35. The average molecular weight is 251 g/mol. The number of carbonyl (C=O) groups excluding carboxylic acids is 1. The van der Waals surface area contributed by atoms with Crippen LogP contribution in [0.1, 0.15) is 6.92 Å². The van der Waals surface area contributed by atoms with Gasteiger partial charge in [-0.1, -0.05) is 18.2 Å².